The van der Waals surface area contributed by atoms with Crippen molar-refractivity contribution in [2.24, 2.45) is 5.73 Å². The van der Waals surface area contributed by atoms with Crippen LogP contribution >= 0.6 is 23.2 Å². The first-order chi connectivity index (χ1) is 14.6. The third kappa shape index (κ3) is 4.62. The lowest BCUT2D eigenvalue weighted by atomic mass is 10.2. The van der Waals surface area contributed by atoms with Gasteiger partial charge in [0.2, 0.25) is 0 Å². The molecule has 6 nitrogen and oxygen atoms in total. The number of nitrogens with one attached hydrogen (secondary N) is 2. The highest BCUT2D eigenvalue weighted by Crippen LogP contribution is 2.31. The molecule has 8 heteroatoms. The van der Waals surface area contributed by atoms with Gasteiger partial charge in [-0.15, -0.1) is 0 Å². The minimum atomic E-state index is 0.482. The van der Waals surface area contributed by atoms with Crippen LogP contribution in [0.2, 0.25) is 10.0 Å². The molecule has 0 spiro atoms. The number of nitrogens with zero attached hydrogens (tertiary/aromatic N) is 3. The van der Waals surface area contributed by atoms with Crippen molar-refractivity contribution in [3.63, 3.8) is 0 Å². The van der Waals surface area contributed by atoms with Gasteiger partial charge >= 0.3 is 0 Å². The van der Waals surface area contributed by atoms with E-state index in [9.17, 15) is 0 Å². The topological polar surface area (TPSA) is 88.8 Å². The second-order valence-corrected chi connectivity index (χ2v) is 7.49. The molecule has 0 amide bonds. The highest BCUT2D eigenvalue weighted by Gasteiger charge is 2.12. The molecule has 30 heavy (non-hydrogen) atoms. The van der Waals surface area contributed by atoms with Gasteiger partial charge in [0.25, 0.3) is 0 Å². The molecule has 0 fully saturated rings. The maximum absolute atomic E-state index is 6.37. The second-order valence-electron chi connectivity index (χ2n) is 6.65. The predicted molar refractivity (Wildman–Crippen MR) is 124 cm³/mol. The van der Waals surface area contributed by atoms with E-state index in [1.54, 1.807) is 18.3 Å². The third-order valence-electron chi connectivity index (χ3n) is 4.56. The first-order valence-corrected chi connectivity index (χ1v) is 10.2. The smallest absolute Gasteiger partial charge is 0.163 e. The Kier molecular flexibility index (Phi) is 6.28. The summed E-state index contributed by atoms with van der Waals surface area (Å²) in [7, 11) is 0. The van der Waals surface area contributed by atoms with Gasteiger partial charge in [0.05, 0.1) is 10.5 Å². The normalized spacial score (nSPS) is 10.9. The largest absolute Gasteiger partial charge is 0.368 e. The van der Waals surface area contributed by atoms with Crippen molar-refractivity contribution in [1.29, 1.82) is 0 Å². The van der Waals surface area contributed by atoms with Crippen molar-refractivity contribution in [3.8, 4) is 11.4 Å². The van der Waals surface area contributed by atoms with Crippen LogP contribution in [-0.4, -0.2) is 28.0 Å². The Balaban J connectivity index is 1.53. The summed E-state index contributed by atoms with van der Waals surface area (Å²) in [6, 6.07) is 17.0. The fourth-order valence-corrected chi connectivity index (χ4v) is 3.52. The summed E-state index contributed by atoms with van der Waals surface area (Å²) in [5.74, 6) is 2.09. The van der Waals surface area contributed by atoms with Gasteiger partial charge in [-0.3, -0.25) is 0 Å². The molecule has 0 unspecified atom stereocenters. The van der Waals surface area contributed by atoms with Crippen LogP contribution in [0.5, 0.6) is 0 Å². The molecule has 152 valence electrons. The summed E-state index contributed by atoms with van der Waals surface area (Å²) in [5, 5.41) is 8.70. The van der Waals surface area contributed by atoms with Crippen molar-refractivity contribution >= 4 is 45.7 Å². The number of anilines is 2. The highest BCUT2D eigenvalue weighted by molar-refractivity contribution is 6.36. The molecule has 0 bridgehead atoms. The average Bonchev–Trinajstić information content (AvgIpc) is 2.77. The Morgan fingerprint density at radius 3 is 2.50 bits per heavy atom. The molecule has 4 rings (SSSR count). The van der Waals surface area contributed by atoms with E-state index in [1.165, 1.54) is 0 Å². The van der Waals surface area contributed by atoms with Crippen LogP contribution in [0.25, 0.3) is 22.3 Å². The number of rotatable bonds is 7. The van der Waals surface area contributed by atoms with E-state index in [0.717, 1.165) is 33.7 Å². The summed E-state index contributed by atoms with van der Waals surface area (Å²) in [4.78, 5) is 13.7. The number of hydrogen-bond donors (Lipinski definition) is 3. The Bertz CT molecular complexity index is 1160. The zero-order valence-corrected chi connectivity index (χ0v) is 17.6. The number of halogens is 2. The zero-order chi connectivity index (χ0) is 20.9. The molecule has 0 saturated carbocycles. The summed E-state index contributed by atoms with van der Waals surface area (Å²) in [6.07, 6.45) is 1.77. The van der Waals surface area contributed by atoms with Gasteiger partial charge in [-0.1, -0.05) is 41.4 Å². The molecule has 0 saturated heterocycles. The molecular formula is C22H20Cl2N6. The van der Waals surface area contributed by atoms with E-state index in [-0.39, 0.29) is 0 Å². The van der Waals surface area contributed by atoms with Gasteiger partial charge < -0.3 is 16.4 Å². The van der Waals surface area contributed by atoms with Crippen molar-refractivity contribution < 1.29 is 0 Å². The molecular weight excluding hydrogens is 419 g/mol. The van der Waals surface area contributed by atoms with Crippen molar-refractivity contribution in [3.05, 3.63) is 76.4 Å². The van der Waals surface area contributed by atoms with Gasteiger partial charge in [-0.25, -0.2) is 15.0 Å². The van der Waals surface area contributed by atoms with Crippen LogP contribution in [0.1, 0.15) is 5.56 Å². The molecule has 2 aromatic carbocycles. The molecule has 0 aliphatic carbocycles. The highest BCUT2D eigenvalue weighted by atomic mass is 35.5. The fraction of sp³-hybridized carbons (Fsp3) is 0.136. The van der Waals surface area contributed by atoms with E-state index >= 15 is 0 Å². The number of hydrogen-bond acceptors (Lipinski definition) is 6. The lowest BCUT2D eigenvalue weighted by molar-refractivity contribution is 1.02. The van der Waals surface area contributed by atoms with E-state index in [4.69, 9.17) is 33.9 Å². The molecule has 4 aromatic rings. The zero-order valence-electron chi connectivity index (χ0n) is 16.1. The first-order valence-electron chi connectivity index (χ1n) is 9.49. The maximum atomic E-state index is 6.37. The molecule has 0 aliphatic rings. The minimum Gasteiger partial charge on any atom is -0.368 e. The fourth-order valence-electron chi connectivity index (χ4n) is 3.02. The standard InChI is InChI=1S/C22H20Cl2N6/c23-15-6-7-16(18(24)11-15)22-29-19-4-2-1-3-17(19)21(30-22)27-10-9-26-20-8-5-14(12-25)13-28-20/h1-8,11,13H,9-10,12,25H2,(H,26,28)(H,27,29,30). The number of pyridine rings is 1. The maximum Gasteiger partial charge on any atom is 0.163 e. The van der Waals surface area contributed by atoms with Crippen molar-refractivity contribution in [2.45, 2.75) is 6.54 Å². The first kappa shape index (κ1) is 20.3. The van der Waals surface area contributed by atoms with Crippen LogP contribution in [0.4, 0.5) is 11.6 Å². The Hall–Kier alpha value is -2.93. The Labute approximate surface area is 184 Å². The van der Waals surface area contributed by atoms with E-state index < -0.39 is 0 Å². The van der Waals surface area contributed by atoms with Crippen LogP contribution in [-0.2, 0) is 6.54 Å². The van der Waals surface area contributed by atoms with E-state index in [0.29, 0.717) is 35.5 Å². The van der Waals surface area contributed by atoms with Gasteiger partial charge in [-0.05, 0) is 42.0 Å². The molecule has 0 atom stereocenters. The number of para-hydroxylation sites is 1. The molecule has 4 N–H and O–H groups in total. The summed E-state index contributed by atoms with van der Waals surface area (Å²) < 4.78 is 0. The lowest BCUT2D eigenvalue weighted by Crippen LogP contribution is -2.15. The van der Waals surface area contributed by atoms with Crippen molar-refractivity contribution in [1.82, 2.24) is 15.0 Å². The van der Waals surface area contributed by atoms with Crippen LogP contribution < -0.4 is 16.4 Å². The molecule has 2 aromatic heterocycles. The van der Waals surface area contributed by atoms with E-state index in [1.807, 2.05) is 42.5 Å². The van der Waals surface area contributed by atoms with Crippen LogP contribution in [0.3, 0.4) is 0 Å². The van der Waals surface area contributed by atoms with Gasteiger partial charge in [0.15, 0.2) is 5.82 Å². The number of aromatic nitrogens is 3. The second kappa shape index (κ2) is 9.26. The predicted octanol–water partition coefficient (Wildman–Crippen LogP) is 4.98. The lowest BCUT2D eigenvalue weighted by Gasteiger charge is -2.12. The minimum absolute atomic E-state index is 0.482. The molecule has 0 aliphatic heterocycles. The SMILES string of the molecule is NCc1ccc(NCCNc2nc(-c3ccc(Cl)cc3Cl)nc3ccccc23)nc1. The van der Waals surface area contributed by atoms with Gasteiger partial charge in [-0.2, -0.15) is 0 Å². The number of fused-ring (bicyclic) bond motifs is 1. The number of nitrogens with two attached hydrogens (primary N) is 1. The van der Waals surface area contributed by atoms with Crippen LogP contribution in [0.15, 0.2) is 60.8 Å². The van der Waals surface area contributed by atoms with Crippen molar-refractivity contribution in [2.75, 3.05) is 23.7 Å². The molecule has 0 radical (unpaired) electrons. The summed E-state index contributed by atoms with van der Waals surface area (Å²) >= 11 is 12.4. The third-order valence-corrected chi connectivity index (χ3v) is 5.11. The average molecular weight is 439 g/mol. The van der Waals surface area contributed by atoms with E-state index in [2.05, 4.69) is 20.6 Å². The molecule has 2 heterocycles. The Morgan fingerprint density at radius 1 is 0.900 bits per heavy atom. The van der Waals surface area contributed by atoms with Gasteiger partial charge in [0.1, 0.15) is 11.6 Å². The Morgan fingerprint density at radius 2 is 1.73 bits per heavy atom. The number of benzene rings is 2. The monoisotopic (exact) mass is 438 g/mol. The quantitative estimate of drug-likeness (QED) is 0.352. The summed E-state index contributed by atoms with van der Waals surface area (Å²) in [6.45, 7) is 1.80. The summed E-state index contributed by atoms with van der Waals surface area (Å²) in [5.41, 5.74) is 8.17. The van der Waals surface area contributed by atoms with Crippen LogP contribution in [0, 0.1) is 0 Å². The van der Waals surface area contributed by atoms with Gasteiger partial charge in [0, 0.05) is 41.8 Å².